The Morgan fingerprint density at radius 2 is 2.12 bits per heavy atom. The molecule has 1 atom stereocenters. The number of rotatable bonds is 4. The van der Waals surface area contributed by atoms with Gasteiger partial charge in [-0.2, -0.15) is 0 Å². The molecule has 2 fully saturated rings. The molecule has 0 amide bonds. The lowest BCUT2D eigenvalue weighted by atomic mass is 9.79. The number of Topliss-reactive ketones (excluding diaryl/α,β-unsaturated/α-hetero) is 1. The molecule has 0 aromatic carbocycles. The molecule has 0 aromatic rings. The third kappa shape index (κ3) is 3.27. The van der Waals surface area contributed by atoms with Crippen LogP contribution >= 0.6 is 0 Å². The standard InChI is InChI=1S/C13H22O4/c1-2-15-10-12(14)11-3-6-17-13(9-11)4-7-16-8-5-13/h11H,2-10H2,1H3. The molecule has 98 valence electrons. The summed E-state index contributed by atoms with van der Waals surface area (Å²) in [5, 5.41) is 0. The third-order valence-corrected chi connectivity index (χ3v) is 3.80. The van der Waals surface area contributed by atoms with Crippen LogP contribution in [-0.2, 0) is 19.0 Å². The van der Waals surface area contributed by atoms with Crippen molar-refractivity contribution >= 4 is 5.78 Å². The highest BCUT2D eigenvalue weighted by atomic mass is 16.5. The van der Waals surface area contributed by atoms with Gasteiger partial charge >= 0.3 is 0 Å². The number of hydrogen-bond acceptors (Lipinski definition) is 4. The van der Waals surface area contributed by atoms with Crippen molar-refractivity contribution in [2.75, 3.05) is 33.0 Å². The van der Waals surface area contributed by atoms with Crippen LogP contribution in [0.4, 0.5) is 0 Å². The van der Waals surface area contributed by atoms with Crippen LogP contribution in [0, 0.1) is 5.92 Å². The molecule has 1 spiro atoms. The molecule has 2 aliphatic heterocycles. The molecule has 4 heteroatoms. The minimum atomic E-state index is -0.0942. The van der Waals surface area contributed by atoms with Gasteiger partial charge in [-0.1, -0.05) is 0 Å². The first-order valence-electron chi connectivity index (χ1n) is 6.58. The van der Waals surface area contributed by atoms with E-state index >= 15 is 0 Å². The first kappa shape index (κ1) is 13.0. The van der Waals surface area contributed by atoms with Crippen molar-refractivity contribution in [3.8, 4) is 0 Å². The van der Waals surface area contributed by atoms with Gasteiger partial charge in [-0.05, 0) is 32.6 Å². The van der Waals surface area contributed by atoms with Gasteiger partial charge in [0.1, 0.15) is 6.61 Å². The molecule has 17 heavy (non-hydrogen) atoms. The number of carbonyl (C=O) groups excluding carboxylic acids is 1. The largest absolute Gasteiger partial charge is 0.381 e. The molecule has 0 saturated carbocycles. The average Bonchev–Trinajstić information content (AvgIpc) is 2.37. The van der Waals surface area contributed by atoms with Gasteiger partial charge in [-0.3, -0.25) is 4.79 Å². The van der Waals surface area contributed by atoms with Crippen molar-refractivity contribution in [1.82, 2.24) is 0 Å². The van der Waals surface area contributed by atoms with Crippen molar-refractivity contribution in [3.05, 3.63) is 0 Å². The molecule has 2 rings (SSSR count). The summed E-state index contributed by atoms with van der Waals surface area (Å²) in [7, 11) is 0. The van der Waals surface area contributed by atoms with Gasteiger partial charge < -0.3 is 14.2 Å². The van der Waals surface area contributed by atoms with Crippen LogP contribution in [0.2, 0.25) is 0 Å². The van der Waals surface area contributed by atoms with Gasteiger partial charge in [-0.15, -0.1) is 0 Å². The Balaban J connectivity index is 1.89. The van der Waals surface area contributed by atoms with Crippen molar-refractivity contribution in [2.24, 2.45) is 5.92 Å². The van der Waals surface area contributed by atoms with E-state index in [1.54, 1.807) is 0 Å². The molecule has 2 saturated heterocycles. The van der Waals surface area contributed by atoms with E-state index in [0.717, 1.165) is 38.9 Å². The summed E-state index contributed by atoms with van der Waals surface area (Å²) in [5.74, 6) is 0.356. The third-order valence-electron chi connectivity index (χ3n) is 3.80. The molecule has 2 heterocycles. The SMILES string of the molecule is CCOCC(=O)C1CCOC2(CCOCC2)C1. The van der Waals surface area contributed by atoms with E-state index in [1.807, 2.05) is 6.92 Å². The monoisotopic (exact) mass is 242 g/mol. The quantitative estimate of drug-likeness (QED) is 0.750. The van der Waals surface area contributed by atoms with Gasteiger partial charge in [-0.25, -0.2) is 0 Å². The lowest BCUT2D eigenvalue weighted by Gasteiger charge is -2.42. The number of hydrogen-bond donors (Lipinski definition) is 0. The predicted octanol–water partition coefficient (Wildman–Crippen LogP) is 1.57. The Morgan fingerprint density at radius 1 is 1.35 bits per heavy atom. The Hall–Kier alpha value is -0.450. The minimum absolute atomic E-state index is 0.0942. The molecule has 0 N–H and O–H groups in total. The highest BCUT2D eigenvalue weighted by Gasteiger charge is 2.40. The van der Waals surface area contributed by atoms with Crippen LogP contribution in [0.5, 0.6) is 0 Å². The Morgan fingerprint density at radius 3 is 2.82 bits per heavy atom. The van der Waals surface area contributed by atoms with Crippen molar-refractivity contribution in [1.29, 1.82) is 0 Å². The summed E-state index contributed by atoms with van der Waals surface area (Å²) in [4.78, 5) is 12.0. The second kappa shape index (κ2) is 5.94. The summed E-state index contributed by atoms with van der Waals surface area (Å²) < 4.78 is 16.5. The summed E-state index contributed by atoms with van der Waals surface area (Å²) in [6.07, 6.45) is 3.54. The molecule has 0 aromatic heterocycles. The van der Waals surface area contributed by atoms with Gasteiger partial charge in [0.2, 0.25) is 0 Å². The van der Waals surface area contributed by atoms with E-state index < -0.39 is 0 Å². The van der Waals surface area contributed by atoms with E-state index in [2.05, 4.69) is 0 Å². The molecule has 0 bridgehead atoms. The zero-order chi connectivity index (χ0) is 12.1. The van der Waals surface area contributed by atoms with Crippen LogP contribution < -0.4 is 0 Å². The summed E-state index contributed by atoms with van der Waals surface area (Å²) in [5.41, 5.74) is -0.0942. The average molecular weight is 242 g/mol. The van der Waals surface area contributed by atoms with Crippen LogP contribution in [0.1, 0.15) is 32.6 Å². The highest BCUT2D eigenvalue weighted by molar-refractivity contribution is 5.82. The second-order valence-corrected chi connectivity index (χ2v) is 4.94. The predicted molar refractivity (Wildman–Crippen MR) is 63.0 cm³/mol. The fourth-order valence-electron chi connectivity index (χ4n) is 2.71. The second-order valence-electron chi connectivity index (χ2n) is 4.94. The number of ketones is 1. The van der Waals surface area contributed by atoms with Crippen LogP contribution in [-0.4, -0.2) is 44.4 Å². The Bertz CT molecular complexity index is 253. The van der Waals surface area contributed by atoms with Gasteiger partial charge in [0, 0.05) is 32.3 Å². The van der Waals surface area contributed by atoms with Crippen molar-refractivity contribution in [3.63, 3.8) is 0 Å². The van der Waals surface area contributed by atoms with E-state index in [9.17, 15) is 4.79 Å². The smallest absolute Gasteiger partial charge is 0.161 e. The molecular weight excluding hydrogens is 220 g/mol. The summed E-state index contributed by atoms with van der Waals surface area (Å²) in [6, 6.07) is 0. The molecular formula is C13H22O4. The fraction of sp³-hybridized carbons (Fsp3) is 0.923. The van der Waals surface area contributed by atoms with Crippen LogP contribution in [0.25, 0.3) is 0 Å². The Labute approximate surface area is 103 Å². The zero-order valence-corrected chi connectivity index (χ0v) is 10.6. The maximum Gasteiger partial charge on any atom is 0.161 e. The molecule has 0 aliphatic carbocycles. The lowest BCUT2D eigenvalue weighted by molar-refractivity contribution is -0.159. The lowest BCUT2D eigenvalue weighted by Crippen LogP contribution is -2.46. The van der Waals surface area contributed by atoms with Gasteiger partial charge in [0.25, 0.3) is 0 Å². The molecule has 0 radical (unpaired) electrons. The number of ether oxygens (including phenoxy) is 3. The Kier molecular flexibility index (Phi) is 4.54. The first-order valence-corrected chi connectivity index (χ1v) is 6.58. The first-order chi connectivity index (χ1) is 8.26. The minimum Gasteiger partial charge on any atom is -0.381 e. The van der Waals surface area contributed by atoms with Gasteiger partial charge in [0.15, 0.2) is 5.78 Å². The molecule has 4 nitrogen and oxygen atoms in total. The van der Waals surface area contributed by atoms with E-state index in [4.69, 9.17) is 14.2 Å². The fourth-order valence-corrected chi connectivity index (χ4v) is 2.71. The molecule has 1 unspecified atom stereocenters. The van der Waals surface area contributed by atoms with E-state index in [1.165, 1.54) is 0 Å². The number of carbonyl (C=O) groups is 1. The highest BCUT2D eigenvalue weighted by Crippen LogP contribution is 2.37. The van der Waals surface area contributed by atoms with Crippen LogP contribution in [0.15, 0.2) is 0 Å². The maximum atomic E-state index is 12.0. The summed E-state index contributed by atoms with van der Waals surface area (Å²) in [6.45, 7) is 4.99. The van der Waals surface area contributed by atoms with E-state index in [0.29, 0.717) is 13.2 Å². The van der Waals surface area contributed by atoms with Crippen LogP contribution in [0.3, 0.4) is 0 Å². The van der Waals surface area contributed by atoms with E-state index in [-0.39, 0.29) is 23.9 Å². The normalized spacial score (nSPS) is 28.2. The topological polar surface area (TPSA) is 44.8 Å². The zero-order valence-electron chi connectivity index (χ0n) is 10.6. The maximum absolute atomic E-state index is 12.0. The van der Waals surface area contributed by atoms with Crippen molar-refractivity contribution < 1.29 is 19.0 Å². The molecule has 2 aliphatic rings. The van der Waals surface area contributed by atoms with Gasteiger partial charge in [0.05, 0.1) is 5.60 Å². The van der Waals surface area contributed by atoms with Crippen molar-refractivity contribution in [2.45, 2.75) is 38.2 Å². The summed E-state index contributed by atoms with van der Waals surface area (Å²) >= 11 is 0.